The van der Waals surface area contributed by atoms with Crippen molar-refractivity contribution in [1.29, 1.82) is 0 Å². The third-order valence-corrected chi connectivity index (χ3v) is 4.52. The fraction of sp³-hybridized carbons (Fsp3) is 0.450. The van der Waals surface area contributed by atoms with Crippen LogP contribution in [0.4, 0.5) is 0 Å². The summed E-state index contributed by atoms with van der Waals surface area (Å²) in [5.41, 5.74) is 8.30. The van der Waals surface area contributed by atoms with Gasteiger partial charge in [0.2, 0.25) is 0 Å². The van der Waals surface area contributed by atoms with E-state index >= 15 is 0 Å². The molecule has 2 N–H and O–H groups in total. The third kappa shape index (κ3) is 4.94. The third-order valence-electron chi connectivity index (χ3n) is 4.52. The zero-order chi connectivity index (χ0) is 17.6. The maximum absolute atomic E-state index is 12.1. The molecule has 2 aliphatic rings. The van der Waals surface area contributed by atoms with E-state index in [2.05, 4.69) is 30.3 Å². The van der Waals surface area contributed by atoms with Gasteiger partial charge in [0.25, 0.3) is 0 Å². The number of hydrogen-bond acceptors (Lipinski definition) is 5. The molecule has 2 aliphatic heterocycles. The van der Waals surface area contributed by atoms with E-state index in [1.807, 2.05) is 30.3 Å². The summed E-state index contributed by atoms with van der Waals surface area (Å²) >= 11 is 0. The summed E-state index contributed by atoms with van der Waals surface area (Å²) in [6, 6.07) is 9.08. The lowest BCUT2D eigenvalue weighted by Gasteiger charge is -2.27. The Hall–Kier alpha value is -2.11. The summed E-state index contributed by atoms with van der Waals surface area (Å²) in [5, 5.41) is 0. The molecular formula is C20H26N2O3. The van der Waals surface area contributed by atoms with E-state index in [4.69, 9.17) is 15.2 Å². The molecule has 0 bridgehead atoms. The Morgan fingerprint density at radius 2 is 2.16 bits per heavy atom. The van der Waals surface area contributed by atoms with E-state index in [-0.39, 0.29) is 24.9 Å². The van der Waals surface area contributed by atoms with Gasteiger partial charge < -0.3 is 20.1 Å². The van der Waals surface area contributed by atoms with Gasteiger partial charge in [-0.15, -0.1) is 0 Å². The molecule has 1 saturated heterocycles. The van der Waals surface area contributed by atoms with E-state index in [1.165, 1.54) is 5.57 Å². The molecule has 5 nitrogen and oxygen atoms in total. The van der Waals surface area contributed by atoms with E-state index in [1.54, 1.807) is 0 Å². The minimum absolute atomic E-state index is 0.0215. The smallest absolute Gasteiger partial charge is 0.323 e. The molecule has 134 valence electrons. The summed E-state index contributed by atoms with van der Waals surface area (Å²) in [4.78, 5) is 14.2. The Labute approximate surface area is 149 Å². The number of carbonyl (C=O) groups excluding carboxylic acids is 1. The molecule has 0 aliphatic carbocycles. The number of carbonyl (C=O) groups is 1. The Kier molecular flexibility index (Phi) is 5.89. The monoisotopic (exact) mass is 342 g/mol. The van der Waals surface area contributed by atoms with E-state index in [0.29, 0.717) is 6.42 Å². The first-order valence-electron chi connectivity index (χ1n) is 8.85. The molecule has 25 heavy (non-hydrogen) atoms. The Morgan fingerprint density at radius 1 is 1.36 bits per heavy atom. The van der Waals surface area contributed by atoms with E-state index < -0.39 is 6.04 Å². The number of hydrogen-bond donors (Lipinski definition) is 1. The standard InChI is InChI=1S/C20H26N2O3/c1-15-6-5-11-22(13-15)19-10-9-17(25-19)14-24-20(23)18(21)12-16-7-3-2-4-8-16/h2-5,7-8,11,13,17-19H,6,9-10,12,14,21H2,1H3. The van der Waals surface area contributed by atoms with Crippen LogP contribution in [0.5, 0.6) is 0 Å². The second-order valence-electron chi connectivity index (χ2n) is 6.73. The van der Waals surface area contributed by atoms with Gasteiger partial charge >= 0.3 is 5.97 Å². The van der Waals surface area contributed by atoms with Crippen LogP contribution in [0.15, 0.2) is 54.4 Å². The van der Waals surface area contributed by atoms with Crippen LogP contribution >= 0.6 is 0 Å². The van der Waals surface area contributed by atoms with Crippen LogP contribution in [0, 0.1) is 0 Å². The van der Waals surface area contributed by atoms with Gasteiger partial charge in [0.05, 0.1) is 6.10 Å². The summed E-state index contributed by atoms with van der Waals surface area (Å²) < 4.78 is 11.4. The van der Waals surface area contributed by atoms with Crippen LogP contribution in [0.25, 0.3) is 0 Å². The average Bonchev–Trinajstić information content (AvgIpc) is 3.09. The van der Waals surface area contributed by atoms with Gasteiger partial charge in [0, 0.05) is 12.4 Å². The summed E-state index contributed by atoms with van der Waals surface area (Å²) in [7, 11) is 0. The van der Waals surface area contributed by atoms with Gasteiger partial charge in [-0.1, -0.05) is 42.0 Å². The summed E-state index contributed by atoms with van der Waals surface area (Å²) in [5.74, 6) is -0.371. The summed E-state index contributed by atoms with van der Waals surface area (Å²) in [6.45, 7) is 2.37. The lowest BCUT2D eigenvalue weighted by Crippen LogP contribution is -2.36. The molecule has 0 aromatic heterocycles. The Bertz CT molecular complexity index is 642. The van der Waals surface area contributed by atoms with Crippen molar-refractivity contribution >= 4 is 5.97 Å². The number of esters is 1. The minimum Gasteiger partial charge on any atom is -0.462 e. The molecule has 0 radical (unpaired) electrons. The van der Waals surface area contributed by atoms with Crippen LogP contribution in [-0.2, 0) is 20.7 Å². The molecule has 0 saturated carbocycles. The fourth-order valence-electron chi connectivity index (χ4n) is 3.15. The highest BCUT2D eigenvalue weighted by atomic mass is 16.6. The van der Waals surface area contributed by atoms with Crippen LogP contribution < -0.4 is 5.73 Å². The molecule has 0 spiro atoms. The highest BCUT2D eigenvalue weighted by molar-refractivity contribution is 5.75. The average molecular weight is 342 g/mol. The van der Waals surface area contributed by atoms with Gasteiger partial charge in [-0.05, 0) is 38.2 Å². The van der Waals surface area contributed by atoms with Crippen LogP contribution in [0.1, 0.15) is 31.7 Å². The van der Waals surface area contributed by atoms with Gasteiger partial charge in [-0.3, -0.25) is 4.79 Å². The minimum atomic E-state index is -0.643. The van der Waals surface area contributed by atoms with Gasteiger partial charge in [-0.25, -0.2) is 0 Å². The van der Waals surface area contributed by atoms with Crippen molar-refractivity contribution in [3.63, 3.8) is 0 Å². The van der Waals surface area contributed by atoms with Crippen molar-refractivity contribution in [2.75, 3.05) is 6.61 Å². The van der Waals surface area contributed by atoms with Gasteiger partial charge in [-0.2, -0.15) is 0 Å². The topological polar surface area (TPSA) is 64.8 Å². The number of allylic oxidation sites excluding steroid dienone is 2. The predicted molar refractivity (Wildman–Crippen MR) is 96.3 cm³/mol. The molecule has 2 heterocycles. The molecule has 0 amide bonds. The first kappa shape index (κ1) is 17.7. The van der Waals surface area contributed by atoms with Crippen molar-refractivity contribution in [2.24, 2.45) is 5.73 Å². The van der Waals surface area contributed by atoms with Crippen LogP contribution in [0.3, 0.4) is 0 Å². The SMILES string of the molecule is CC1=CN(C2CCC(COC(=O)C(N)Cc3ccccc3)O2)C=CC1. The second-order valence-corrected chi connectivity index (χ2v) is 6.73. The van der Waals surface area contributed by atoms with Crippen molar-refractivity contribution < 1.29 is 14.3 Å². The normalized spacial score (nSPS) is 24.1. The molecule has 5 heteroatoms. The zero-order valence-electron chi connectivity index (χ0n) is 14.6. The highest BCUT2D eigenvalue weighted by Gasteiger charge is 2.30. The van der Waals surface area contributed by atoms with Gasteiger partial charge in [0.1, 0.15) is 18.9 Å². The molecule has 3 unspecified atom stereocenters. The molecule has 1 fully saturated rings. The van der Waals surface area contributed by atoms with Crippen LogP contribution in [0.2, 0.25) is 0 Å². The van der Waals surface area contributed by atoms with E-state index in [0.717, 1.165) is 24.8 Å². The van der Waals surface area contributed by atoms with Crippen molar-refractivity contribution in [3.8, 4) is 0 Å². The zero-order valence-corrected chi connectivity index (χ0v) is 14.6. The van der Waals surface area contributed by atoms with E-state index in [9.17, 15) is 4.79 Å². The first-order valence-corrected chi connectivity index (χ1v) is 8.85. The maximum Gasteiger partial charge on any atom is 0.323 e. The molecular weight excluding hydrogens is 316 g/mol. The largest absolute Gasteiger partial charge is 0.462 e. The highest BCUT2D eigenvalue weighted by Crippen LogP contribution is 2.26. The summed E-state index contributed by atoms with van der Waals surface area (Å²) in [6.07, 6.45) is 9.54. The Balaban J connectivity index is 1.42. The Morgan fingerprint density at radius 3 is 2.92 bits per heavy atom. The lowest BCUT2D eigenvalue weighted by atomic mass is 10.1. The fourth-order valence-corrected chi connectivity index (χ4v) is 3.15. The van der Waals surface area contributed by atoms with Crippen molar-refractivity contribution in [2.45, 2.75) is 51.0 Å². The lowest BCUT2D eigenvalue weighted by molar-refractivity contribution is -0.150. The first-order chi connectivity index (χ1) is 12.1. The quantitative estimate of drug-likeness (QED) is 0.805. The second kappa shape index (κ2) is 8.32. The number of rotatable bonds is 6. The van der Waals surface area contributed by atoms with Crippen molar-refractivity contribution in [1.82, 2.24) is 4.90 Å². The van der Waals surface area contributed by atoms with Gasteiger partial charge in [0.15, 0.2) is 0 Å². The number of nitrogens with two attached hydrogens (primary N) is 1. The van der Waals surface area contributed by atoms with Crippen LogP contribution in [-0.4, -0.2) is 35.8 Å². The predicted octanol–water partition coefficient (Wildman–Crippen LogP) is 2.73. The molecule has 3 atom stereocenters. The molecule has 3 rings (SSSR count). The maximum atomic E-state index is 12.1. The number of nitrogens with zero attached hydrogens (tertiary/aromatic N) is 1. The molecule has 1 aromatic rings. The number of benzene rings is 1. The molecule has 1 aromatic carbocycles. The number of ether oxygens (including phenoxy) is 2. The van der Waals surface area contributed by atoms with Crippen molar-refractivity contribution in [3.05, 3.63) is 59.9 Å².